The van der Waals surface area contributed by atoms with Gasteiger partial charge in [-0.05, 0) is 35.7 Å². The number of nitrogens with one attached hydrogen (secondary N) is 3. The van der Waals surface area contributed by atoms with Crippen molar-refractivity contribution in [1.82, 2.24) is 5.32 Å². The summed E-state index contributed by atoms with van der Waals surface area (Å²) in [4.78, 5) is 37.4. The van der Waals surface area contributed by atoms with Crippen LogP contribution in [0.2, 0.25) is 0 Å². The molecule has 0 aliphatic carbocycles. The third-order valence-electron chi connectivity index (χ3n) is 4.84. The number of carboxylic acids is 1. The summed E-state index contributed by atoms with van der Waals surface area (Å²) < 4.78 is 31.5. The highest BCUT2D eigenvalue weighted by Crippen LogP contribution is 2.31. The highest BCUT2D eigenvalue weighted by molar-refractivity contribution is 7.85. The van der Waals surface area contributed by atoms with Gasteiger partial charge in [-0.3, -0.25) is 19.6 Å². The SMILES string of the molecule is CC(C)(C)CNC(=O)c1cc(C(=O)O)c(-c2ccccc2C(=O)Nc2ccc(C(=N)N)cc2)o1.CS(=O)(=O)O. The monoisotopic (exact) mass is 558 g/mol. The molecule has 0 saturated heterocycles. The number of carbonyl (C=O) groups is 3. The van der Waals surface area contributed by atoms with Crippen LogP contribution in [0.25, 0.3) is 11.3 Å². The number of nitrogen functional groups attached to an aromatic ring is 1. The number of amidine groups is 1. The first kappa shape index (κ1) is 30.7. The van der Waals surface area contributed by atoms with Crippen LogP contribution in [-0.2, 0) is 10.1 Å². The van der Waals surface area contributed by atoms with Gasteiger partial charge >= 0.3 is 5.97 Å². The van der Waals surface area contributed by atoms with E-state index >= 15 is 0 Å². The first-order valence-electron chi connectivity index (χ1n) is 11.4. The van der Waals surface area contributed by atoms with Crippen LogP contribution >= 0.6 is 0 Å². The molecule has 13 heteroatoms. The average Bonchev–Trinajstić information content (AvgIpc) is 3.27. The van der Waals surface area contributed by atoms with Crippen molar-refractivity contribution < 1.29 is 36.9 Å². The number of carboxylic acid groups (broad SMARTS) is 1. The van der Waals surface area contributed by atoms with Crippen LogP contribution in [0.15, 0.2) is 59.0 Å². The Kier molecular flexibility index (Phi) is 9.75. The molecule has 39 heavy (non-hydrogen) atoms. The fourth-order valence-electron chi connectivity index (χ4n) is 3.11. The Morgan fingerprint density at radius 3 is 2.08 bits per heavy atom. The van der Waals surface area contributed by atoms with E-state index in [9.17, 15) is 27.9 Å². The topological polar surface area (TPSA) is 213 Å². The second-order valence-corrected chi connectivity index (χ2v) is 11.1. The van der Waals surface area contributed by atoms with E-state index in [4.69, 9.17) is 20.1 Å². The third-order valence-corrected chi connectivity index (χ3v) is 4.84. The fraction of sp³-hybridized carbons (Fsp3) is 0.231. The van der Waals surface area contributed by atoms with Crippen LogP contribution in [-0.4, -0.2) is 54.5 Å². The number of anilines is 1. The maximum Gasteiger partial charge on any atom is 0.339 e. The van der Waals surface area contributed by atoms with Crippen molar-refractivity contribution >= 4 is 39.4 Å². The molecule has 0 saturated carbocycles. The quantitative estimate of drug-likeness (QED) is 0.142. The number of hydrogen-bond donors (Lipinski definition) is 6. The number of rotatable bonds is 7. The van der Waals surface area contributed by atoms with Gasteiger partial charge in [0.1, 0.15) is 17.2 Å². The Balaban J connectivity index is 0.000000976. The molecule has 1 aromatic heterocycles. The summed E-state index contributed by atoms with van der Waals surface area (Å²) in [6, 6.07) is 13.9. The maximum absolute atomic E-state index is 13.0. The van der Waals surface area contributed by atoms with Gasteiger partial charge in [0.15, 0.2) is 5.76 Å². The molecular formula is C26H30N4O8S. The smallest absolute Gasteiger partial charge is 0.339 e. The van der Waals surface area contributed by atoms with E-state index in [0.29, 0.717) is 24.1 Å². The van der Waals surface area contributed by atoms with Crippen molar-refractivity contribution in [3.05, 3.63) is 77.0 Å². The molecule has 3 rings (SSSR count). The molecule has 3 aromatic rings. The van der Waals surface area contributed by atoms with Gasteiger partial charge in [-0.15, -0.1) is 0 Å². The lowest BCUT2D eigenvalue weighted by molar-refractivity contribution is 0.0696. The van der Waals surface area contributed by atoms with Gasteiger partial charge in [0.05, 0.1) is 11.8 Å². The van der Waals surface area contributed by atoms with Crippen molar-refractivity contribution in [2.45, 2.75) is 20.8 Å². The highest BCUT2D eigenvalue weighted by atomic mass is 32.2. The minimum absolute atomic E-state index is 0.0916. The Morgan fingerprint density at radius 2 is 1.56 bits per heavy atom. The van der Waals surface area contributed by atoms with Crippen LogP contribution in [0.4, 0.5) is 5.69 Å². The molecule has 1 heterocycles. The van der Waals surface area contributed by atoms with Crippen LogP contribution < -0.4 is 16.4 Å². The molecular weight excluding hydrogens is 528 g/mol. The summed E-state index contributed by atoms with van der Waals surface area (Å²) in [6.45, 7) is 6.22. The lowest BCUT2D eigenvalue weighted by atomic mass is 9.97. The van der Waals surface area contributed by atoms with Gasteiger partial charge in [0.2, 0.25) is 0 Å². The van der Waals surface area contributed by atoms with E-state index in [1.165, 1.54) is 6.07 Å². The standard InChI is InChI=1S/C25H26N4O5.CH4O3S/c1-25(2,3)13-28-23(31)19-12-18(24(32)33)20(34-19)16-6-4-5-7-17(16)22(30)29-15-10-8-14(9-11-15)21(26)27;1-5(2,3)4/h4-12H,13H2,1-3H3,(H3,26,27)(H,28,31)(H,29,30)(H,32,33);1H3,(H,2,3,4). The molecule has 7 N–H and O–H groups in total. The van der Waals surface area contributed by atoms with Crippen molar-refractivity contribution in [3.63, 3.8) is 0 Å². The van der Waals surface area contributed by atoms with E-state index in [1.54, 1.807) is 42.5 Å². The Labute approximate surface area is 225 Å². The largest absolute Gasteiger partial charge is 0.478 e. The van der Waals surface area contributed by atoms with Crippen molar-refractivity contribution in [3.8, 4) is 11.3 Å². The molecule has 0 aliphatic heterocycles. The molecule has 0 spiro atoms. The summed E-state index contributed by atoms with van der Waals surface area (Å²) in [7, 11) is -3.67. The van der Waals surface area contributed by atoms with Gasteiger partial charge in [-0.2, -0.15) is 8.42 Å². The molecule has 2 amide bonds. The highest BCUT2D eigenvalue weighted by Gasteiger charge is 2.26. The summed E-state index contributed by atoms with van der Waals surface area (Å²) in [6.07, 6.45) is 0.715. The second kappa shape index (κ2) is 12.4. The molecule has 0 aliphatic rings. The predicted octanol–water partition coefficient (Wildman–Crippen LogP) is 3.46. The number of aromatic carboxylic acids is 1. The molecule has 0 radical (unpaired) electrons. The summed E-state index contributed by atoms with van der Waals surface area (Å²) in [5.74, 6) is -2.68. The molecule has 2 aromatic carbocycles. The number of hydrogen-bond acceptors (Lipinski definition) is 7. The van der Waals surface area contributed by atoms with Crippen molar-refractivity contribution in [1.29, 1.82) is 5.41 Å². The number of carbonyl (C=O) groups excluding carboxylic acids is 2. The molecule has 0 fully saturated rings. The van der Waals surface area contributed by atoms with Crippen LogP contribution in [0.5, 0.6) is 0 Å². The number of amides is 2. The number of benzene rings is 2. The van der Waals surface area contributed by atoms with E-state index in [0.717, 1.165) is 6.07 Å². The van der Waals surface area contributed by atoms with E-state index in [-0.39, 0.29) is 39.5 Å². The fourth-order valence-corrected chi connectivity index (χ4v) is 3.11. The lowest BCUT2D eigenvalue weighted by Crippen LogP contribution is -2.32. The molecule has 0 unspecified atom stereocenters. The van der Waals surface area contributed by atoms with Crippen molar-refractivity contribution in [2.75, 3.05) is 18.1 Å². The summed E-state index contributed by atoms with van der Waals surface area (Å²) in [5.41, 5.74) is 6.42. The Morgan fingerprint density at radius 1 is 1.00 bits per heavy atom. The zero-order valence-electron chi connectivity index (χ0n) is 21.7. The normalized spacial score (nSPS) is 11.1. The minimum atomic E-state index is -3.67. The Hall–Kier alpha value is -4.49. The van der Waals surface area contributed by atoms with Gasteiger partial charge < -0.3 is 25.9 Å². The zero-order valence-corrected chi connectivity index (χ0v) is 22.5. The van der Waals surface area contributed by atoms with Gasteiger partial charge in [-0.25, -0.2) is 4.79 Å². The van der Waals surface area contributed by atoms with Crippen molar-refractivity contribution in [2.24, 2.45) is 11.1 Å². The lowest BCUT2D eigenvalue weighted by Gasteiger charge is -2.17. The van der Waals surface area contributed by atoms with Crippen LogP contribution in [0.1, 0.15) is 57.6 Å². The molecule has 208 valence electrons. The van der Waals surface area contributed by atoms with E-state index in [2.05, 4.69) is 10.6 Å². The summed E-state index contributed by atoms with van der Waals surface area (Å²) >= 11 is 0. The van der Waals surface area contributed by atoms with Crippen LogP contribution in [0, 0.1) is 10.8 Å². The van der Waals surface area contributed by atoms with E-state index in [1.807, 2.05) is 20.8 Å². The maximum atomic E-state index is 13.0. The number of nitrogens with two attached hydrogens (primary N) is 1. The number of furan rings is 1. The zero-order chi connectivity index (χ0) is 29.5. The average molecular weight is 559 g/mol. The van der Waals surface area contributed by atoms with Gasteiger partial charge in [0.25, 0.3) is 21.9 Å². The first-order chi connectivity index (χ1) is 18.0. The van der Waals surface area contributed by atoms with Gasteiger partial charge in [0, 0.05) is 29.4 Å². The second-order valence-electron chi connectivity index (χ2n) is 9.63. The molecule has 0 atom stereocenters. The van der Waals surface area contributed by atoms with Crippen LogP contribution in [0.3, 0.4) is 0 Å². The third kappa shape index (κ3) is 9.72. The molecule has 12 nitrogen and oxygen atoms in total. The molecule has 0 bridgehead atoms. The first-order valence-corrected chi connectivity index (χ1v) is 13.2. The predicted molar refractivity (Wildman–Crippen MR) is 146 cm³/mol. The van der Waals surface area contributed by atoms with E-state index < -0.39 is 27.9 Å². The Bertz CT molecular complexity index is 1480. The minimum Gasteiger partial charge on any atom is -0.478 e. The summed E-state index contributed by atoms with van der Waals surface area (Å²) in [5, 5.41) is 22.6. The van der Waals surface area contributed by atoms with Gasteiger partial charge in [-0.1, -0.05) is 39.0 Å².